The number of aryl methyl sites for hydroxylation is 4. The van der Waals surface area contributed by atoms with Gasteiger partial charge in [0.1, 0.15) is 37.9 Å². The number of hydrogen-bond acceptors (Lipinski definition) is 20. The second-order valence-corrected chi connectivity index (χ2v) is 17.9. The Labute approximate surface area is 406 Å². The predicted octanol–water partition coefficient (Wildman–Crippen LogP) is 6.38. The highest BCUT2D eigenvalue weighted by molar-refractivity contribution is 7.46. The third-order valence-electron chi connectivity index (χ3n) is 8.96. The molecule has 0 saturated carbocycles. The number of phosphoric acid groups is 2. The summed E-state index contributed by atoms with van der Waals surface area (Å²) in [5, 5.41) is 22.1. The summed E-state index contributed by atoms with van der Waals surface area (Å²) in [7, 11) is -8.84. The van der Waals surface area contributed by atoms with Crippen LogP contribution in [0.3, 0.4) is 0 Å². The summed E-state index contributed by atoms with van der Waals surface area (Å²) in [5.74, 6) is 0.0266. The molecule has 2 rings (SSSR count). The number of benzene rings is 2. The Morgan fingerprint density at radius 3 is 1.19 bits per heavy atom. The molecule has 0 aliphatic carbocycles. The number of amides is 2. The van der Waals surface area contributed by atoms with Gasteiger partial charge in [-0.15, -0.1) is 0 Å². The quantitative estimate of drug-likeness (QED) is 0.0194. The van der Waals surface area contributed by atoms with Crippen molar-refractivity contribution in [1.29, 1.82) is 0 Å². The van der Waals surface area contributed by atoms with E-state index >= 15 is 0 Å². The van der Waals surface area contributed by atoms with Gasteiger partial charge in [-0.05, 0) is 124 Å². The molecule has 0 aromatic heterocycles. The number of alkyl carbamates (subject to hydrolysis) is 2. The fourth-order valence-electron chi connectivity index (χ4n) is 5.97. The van der Waals surface area contributed by atoms with Gasteiger partial charge in [-0.1, -0.05) is 47.0 Å². The van der Waals surface area contributed by atoms with Crippen molar-refractivity contribution in [1.82, 2.24) is 10.6 Å². The summed E-state index contributed by atoms with van der Waals surface area (Å²) in [5.41, 5.74) is 4.55. The summed E-state index contributed by atoms with van der Waals surface area (Å²) in [6.07, 6.45) is 5.86. The Balaban J connectivity index is 0.00000132. The minimum absolute atomic E-state index is 0. The smallest absolute Gasteiger partial charge is 0.407 e. The van der Waals surface area contributed by atoms with Crippen molar-refractivity contribution in [3.63, 3.8) is 0 Å². The van der Waals surface area contributed by atoms with Crippen LogP contribution in [0.1, 0.15) is 119 Å². The van der Waals surface area contributed by atoms with Crippen molar-refractivity contribution in [2.75, 3.05) is 66.3 Å². The van der Waals surface area contributed by atoms with E-state index in [2.05, 4.69) is 28.7 Å². The lowest BCUT2D eigenvalue weighted by Gasteiger charge is -2.21. The third kappa shape index (κ3) is 31.8. The average Bonchev–Trinajstić information content (AvgIpc) is 3.27. The maximum absolute atomic E-state index is 11.9. The molecule has 4 N–H and O–H groups in total. The molecule has 2 aromatic carbocycles. The van der Waals surface area contributed by atoms with E-state index in [1.54, 1.807) is 24.3 Å². The van der Waals surface area contributed by atoms with Crippen molar-refractivity contribution >= 4 is 39.8 Å². The molecule has 2 unspecified atom stereocenters. The van der Waals surface area contributed by atoms with Crippen LogP contribution in [0.4, 0.5) is 9.59 Å². The van der Waals surface area contributed by atoms with Gasteiger partial charge in [0.15, 0.2) is 13.6 Å². The van der Waals surface area contributed by atoms with Crippen LogP contribution in [0.25, 0.3) is 0 Å². The van der Waals surface area contributed by atoms with E-state index in [1.807, 2.05) is 41.5 Å². The zero-order valence-electron chi connectivity index (χ0n) is 40.0. The van der Waals surface area contributed by atoms with E-state index in [0.717, 1.165) is 59.1 Å². The van der Waals surface area contributed by atoms with Crippen LogP contribution in [0.15, 0.2) is 24.3 Å². The molecule has 2 amide bonds. The minimum atomic E-state index is -4.42. The molecule has 0 saturated heterocycles. The third-order valence-corrected chi connectivity index (χ3v) is 10.8. The first-order chi connectivity index (χ1) is 32.4. The van der Waals surface area contributed by atoms with E-state index in [9.17, 15) is 38.1 Å². The van der Waals surface area contributed by atoms with Gasteiger partial charge in [0.05, 0.1) is 13.2 Å². The fourth-order valence-corrected chi connectivity index (χ4v) is 7.10. The van der Waals surface area contributed by atoms with Crippen molar-refractivity contribution in [2.45, 2.75) is 126 Å². The van der Waals surface area contributed by atoms with Crippen LogP contribution in [0.2, 0.25) is 0 Å². The number of nitrogens with one attached hydrogen (secondary N) is 2. The van der Waals surface area contributed by atoms with E-state index in [1.165, 1.54) is 0 Å². The van der Waals surface area contributed by atoms with Gasteiger partial charge in [-0.2, -0.15) is 0 Å². The Morgan fingerprint density at radius 1 is 0.536 bits per heavy atom. The largest absolute Gasteiger partial charge is 0.756 e. The van der Waals surface area contributed by atoms with Gasteiger partial charge >= 0.3 is 24.1 Å². The molecule has 0 radical (unpaired) electrons. The number of esters is 2. The maximum atomic E-state index is 11.9. The summed E-state index contributed by atoms with van der Waals surface area (Å²) in [4.78, 5) is 69.7. The number of carbonyl (C=O) groups excluding carboxylic acids is 4. The van der Waals surface area contributed by atoms with Gasteiger partial charge in [0, 0.05) is 26.3 Å². The molecule has 0 heterocycles. The summed E-state index contributed by atoms with van der Waals surface area (Å²) in [6, 6.07) is 7.18. The van der Waals surface area contributed by atoms with E-state index in [4.69, 9.17) is 38.6 Å². The first-order valence-corrected chi connectivity index (χ1v) is 25.3. The fraction of sp³-hybridized carbons (Fsp3) is 0.644. The van der Waals surface area contributed by atoms with E-state index in [0.29, 0.717) is 76.3 Å². The molecule has 396 valence electrons. The summed E-state index contributed by atoms with van der Waals surface area (Å²) >= 11 is 0. The topological polar surface area (TPSA) is 305 Å². The monoisotopic (exact) mass is 1020 g/mol. The van der Waals surface area contributed by atoms with Crippen LogP contribution in [-0.4, -0.2) is 101 Å². The Morgan fingerprint density at radius 2 is 0.870 bits per heavy atom. The van der Waals surface area contributed by atoms with Crippen LogP contribution < -0.4 is 29.9 Å². The van der Waals surface area contributed by atoms with Gasteiger partial charge in [0.25, 0.3) is 15.6 Å². The molecule has 2 aromatic rings. The van der Waals surface area contributed by atoms with E-state index < -0.39 is 53.4 Å². The predicted molar refractivity (Wildman–Crippen MR) is 249 cm³/mol. The number of unbranched alkanes of at least 4 members (excludes halogenated alkanes) is 6. The van der Waals surface area contributed by atoms with E-state index in [-0.39, 0.29) is 47.1 Å². The molecule has 0 aliphatic heterocycles. The van der Waals surface area contributed by atoms with Crippen LogP contribution in [-0.2, 0) is 69.0 Å². The van der Waals surface area contributed by atoms with Crippen LogP contribution in [0, 0.1) is 27.7 Å². The number of carbonyl (C=O) groups is 4. The number of aliphatic hydroxyl groups excluding tert-OH is 2. The lowest BCUT2D eigenvalue weighted by atomic mass is 10.1. The van der Waals surface area contributed by atoms with Crippen molar-refractivity contribution < 1.29 is 94.8 Å². The zero-order chi connectivity index (χ0) is 50.8. The zero-order valence-corrected chi connectivity index (χ0v) is 41.8. The number of aliphatic hydroxyl groups is 2. The molecule has 2 atom stereocenters. The molecule has 22 nitrogen and oxygen atoms in total. The second kappa shape index (κ2) is 37.8. The maximum Gasteiger partial charge on any atom is 0.407 e. The highest BCUT2D eigenvalue weighted by atomic mass is 31.2. The molecule has 0 aliphatic rings. The molecule has 69 heavy (non-hydrogen) atoms. The number of rotatable bonds is 34. The van der Waals surface area contributed by atoms with Crippen molar-refractivity contribution in [3.8, 4) is 11.5 Å². The minimum Gasteiger partial charge on any atom is -0.756 e. The molecule has 0 spiro atoms. The standard InChI is InChI=1S/2C22H36NO10P.CH4/c2*1-4-10-29-15-20(25)33-21-17(2)12-19(13-18(21)3)14-30-22(26)23-9-7-5-6-8-11-31-34(27,28)32-16-24;/h2*12-13,24H,4-11,14-16H2,1-3H3,(H,23,26)(H,27,28);1H4/p-2. The molecule has 0 fully saturated rings. The highest BCUT2D eigenvalue weighted by Gasteiger charge is 2.15. The average molecular weight is 1030 g/mol. The Bertz CT molecular complexity index is 1720. The first-order valence-electron chi connectivity index (χ1n) is 22.4. The first kappa shape index (κ1) is 65.0. The van der Waals surface area contributed by atoms with Crippen LogP contribution >= 0.6 is 15.6 Å². The van der Waals surface area contributed by atoms with Crippen molar-refractivity contribution in [3.05, 3.63) is 57.6 Å². The summed E-state index contributed by atoms with van der Waals surface area (Å²) < 4.78 is 71.0. The lowest BCUT2D eigenvalue weighted by molar-refractivity contribution is -0.232. The molecular formula is C45H74N2O20P2-2. The second-order valence-electron chi connectivity index (χ2n) is 15.1. The SMILES string of the molecule is C.CCCOCC(=O)Oc1c(C)cc(COC(=O)NCCCCCCOP(=O)([O-])OCO)cc1C.CCCOCC(=O)Oc1c(C)cc(COC(=O)NCCCCCCOP(=O)([O-])OCO)cc1C. The molecular weight excluding hydrogens is 950 g/mol. The Hall–Kier alpha value is -4.02. The molecule has 24 heteroatoms. The number of phosphoric ester groups is 2. The highest BCUT2D eigenvalue weighted by Crippen LogP contribution is 2.38. The van der Waals surface area contributed by atoms with Gasteiger partial charge < -0.3 is 68.1 Å². The molecule has 0 bridgehead atoms. The van der Waals surface area contributed by atoms with Gasteiger partial charge in [0.2, 0.25) is 0 Å². The van der Waals surface area contributed by atoms with Gasteiger partial charge in [-0.25, -0.2) is 19.2 Å². The van der Waals surface area contributed by atoms with Crippen molar-refractivity contribution in [2.24, 2.45) is 0 Å². The number of hydrogen-bond donors (Lipinski definition) is 4. The Kier molecular flexibility index (Phi) is 35.6. The summed E-state index contributed by atoms with van der Waals surface area (Å²) in [6.45, 7) is 11.0. The lowest BCUT2D eigenvalue weighted by Crippen LogP contribution is -2.25. The number of ether oxygens (including phenoxy) is 6. The van der Waals surface area contributed by atoms with Crippen LogP contribution in [0.5, 0.6) is 11.5 Å². The van der Waals surface area contributed by atoms with Gasteiger partial charge in [-0.3, -0.25) is 18.2 Å². The normalized spacial score (nSPS) is 12.6.